The summed E-state index contributed by atoms with van der Waals surface area (Å²) in [6.07, 6.45) is 1.43. The van der Waals surface area contributed by atoms with Crippen LogP contribution in [0.2, 0.25) is 0 Å². The Hall–Kier alpha value is -3.61. The van der Waals surface area contributed by atoms with E-state index in [-0.39, 0.29) is 5.82 Å². The van der Waals surface area contributed by atoms with Crippen LogP contribution in [0.5, 0.6) is 0 Å². The molecule has 7 nitrogen and oxygen atoms in total. The van der Waals surface area contributed by atoms with Crippen LogP contribution in [0.3, 0.4) is 0 Å². The number of benzene rings is 2. The van der Waals surface area contributed by atoms with Gasteiger partial charge in [0.15, 0.2) is 0 Å². The first-order chi connectivity index (χ1) is 11.7. The average Bonchev–Trinajstić information content (AvgIpc) is 3.04. The Bertz CT molecular complexity index is 830. The van der Waals surface area contributed by atoms with Crippen molar-refractivity contribution in [3.8, 4) is 0 Å². The van der Waals surface area contributed by atoms with Crippen LogP contribution in [0.15, 0.2) is 72.9 Å². The van der Waals surface area contributed by atoms with Crippen molar-refractivity contribution in [2.24, 2.45) is 0 Å². The van der Waals surface area contributed by atoms with Crippen molar-refractivity contribution < 1.29 is 9.59 Å². The van der Waals surface area contributed by atoms with E-state index in [1.54, 1.807) is 24.3 Å². The summed E-state index contributed by atoms with van der Waals surface area (Å²) >= 11 is 0. The quantitative estimate of drug-likeness (QED) is 0.688. The van der Waals surface area contributed by atoms with E-state index < -0.39 is 12.1 Å². The predicted molar refractivity (Wildman–Crippen MR) is 92.2 cm³/mol. The molecule has 0 aliphatic heterocycles. The topological polar surface area (TPSA) is 88.1 Å². The van der Waals surface area contributed by atoms with Gasteiger partial charge in [0.05, 0.1) is 6.20 Å². The molecule has 0 saturated heterocycles. The fraction of sp³-hybridized carbons (Fsp3) is 0. The zero-order valence-corrected chi connectivity index (χ0v) is 12.6. The average molecular weight is 321 g/mol. The van der Waals surface area contributed by atoms with Crippen LogP contribution in [0.4, 0.5) is 26.8 Å². The third kappa shape index (κ3) is 3.77. The summed E-state index contributed by atoms with van der Waals surface area (Å²) in [5.74, 6) is 0.261. The van der Waals surface area contributed by atoms with Crippen LogP contribution in [0, 0.1) is 0 Å². The Morgan fingerprint density at radius 2 is 1.33 bits per heavy atom. The highest BCUT2D eigenvalue weighted by Gasteiger charge is 2.13. The summed E-state index contributed by atoms with van der Waals surface area (Å²) in [4.78, 5) is 24.3. The van der Waals surface area contributed by atoms with Crippen LogP contribution in [0.25, 0.3) is 0 Å². The second kappa shape index (κ2) is 7.10. The SMILES string of the molecule is O=C(Nc1ccccc1)Nc1ccnn1C(=O)Nc1ccccc1. The largest absolute Gasteiger partial charge is 0.348 e. The zero-order chi connectivity index (χ0) is 16.8. The molecular formula is C17H15N5O2. The number of anilines is 3. The molecule has 0 spiro atoms. The standard InChI is InChI=1S/C17H15N5O2/c23-16(19-13-7-3-1-4-8-13)21-15-11-12-18-22(15)17(24)20-14-9-5-2-6-10-14/h1-12H,(H,20,24)(H2,19,21,23). The maximum Gasteiger partial charge on any atom is 0.348 e. The molecule has 0 radical (unpaired) electrons. The maximum atomic E-state index is 12.3. The van der Waals surface area contributed by atoms with E-state index in [4.69, 9.17) is 0 Å². The minimum Gasteiger partial charge on any atom is -0.308 e. The van der Waals surface area contributed by atoms with E-state index in [1.165, 1.54) is 12.3 Å². The Morgan fingerprint density at radius 1 is 0.750 bits per heavy atom. The second-order valence-electron chi connectivity index (χ2n) is 4.87. The van der Waals surface area contributed by atoms with Crippen molar-refractivity contribution in [2.75, 3.05) is 16.0 Å². The van der Waals surface area contributed by atoms with Crippen LogP contribution in [-0.2, 0) is 0 Å². The normalized spacial score (nSPS) is 10.0. The van der Waals surface area contributed by atoms with E-state index in [1.807, 2.05) is 36.4 Å². The summed E-state index contributed by atoms with van der Waals surface area (Å²) in [6, 6.07) is 18.6. The third-order valence-corrected chi connectivity index (χ3v) is 3.13. The number of hydrogen-bond donors (Lipinski definition) is 3. The van der Waals surface area contributed by atoms with Crippen molar-refractivity contribution in [3.63, 3.8) is 0 Å². The summed E-state index contributed by atoms with van der Waals surface area (Å²) in [5.41, 5.74) is 1.28. The molecule has 0 atom stereocenters. The van der Waals surface area contributed by atoms with Crippen LogP contribution < -0.4 is 16.0 Å². The monoisotopic (exact) mass is 321 g/mol. The lowest BCUT2D eigenvalue weighted by molar-refractivity contribution is 0.251. The highest BCUT2D eigenvalue weighted by molar-refractivity contribution is 6.01. The number of carbonyl (C=O) groups excluding carboxylic acids is 2. The van der Waals surface area contributed by atoms with Crippen LogP contribution >= 0.6 is 0 Å². The molecule has 0 saturated carbocycles. The van der Waals surface area contributed by atoms with Crippen molar-refractivity contribution in [1.29, 1.82) is 0 Å². The van der Waals surface area contributed by atoms with Gasteiger partial charge in [0, 0.05) is 17.4 Å². The van der Waals surface area contributed by atoms with E-state index >= 15 is 0 Å². The molecule has 0 aliphatic rings. The fourth-order valence-electron chi connectivity index (χ4n) is 2.06. The molecule has 1 aromatic heterocycles. The van der Waals surface area contributed by atoms with Crippen molar-refractivity contribution in [3.05, 3.63) is 72.9 Å². The molecule has 0 fully saturated rings. The molecule has 3 rings (SSSR count). The smallest absolute Gasteiger partial charge is 0.308 e. The molecule has 120 valence electrons. The lowest BCUT2D eigenvalue weighted by Gasteiger charge is -2.10. The summed E-state index contributed by atoms with van der Waals surface area (Å²) in [6.45, 7) is 0. The molecular weight excluding hydrogens is 306 g/mol. The summed E-state index contributed by atoms with van der Waals surface area (Å²) in [7, 11) is 0. The Morgan fingerprint density at radius 3 is 1.96 bits per heavy atom. The lowest BCUT2D eigenvalue weighted by atomic mass is 10.3. The predicted octanol–water partition coefficient (Wildman–Crippen LogP) is 3.61. The van der Waals surface area contributed by atoms with Crippen LogP contribution in [0.1, 0.15) is 0 Å². The van der Waals surface area contributed by atoms with Gasteiger partial charge >= 0.3 is 12.1 Å². The number of rotatable bonds is 3. The number of nitrogens with one attached hydrogen (secondary N) is 3. The van der Waals surface area contributed by atoms with Gasteiger partial charge in [0.25, 0.3) is 0 Å². The molecule has 0 aliphatic carbocycles. The molecule has 3 amide bonds. The van der Waals surface area contributed by atoms with Gasteiger partial charge in [-0.2, -0.15) is 9.78 Å². The van der Waals surface area contributed by atoms with Gasteiger partial charge in [-0.25, -0.2) is 9.59 Å². The van der Waals surface area contributed by atoms with E-state index in [0.717, 1.165) is 4.68 Å². The van der Waals surface area contributed by atoms with Crippen molar-refractivity contribution in [1.82, 2.24) is 9.78 Å². The van der Waals surface area contributed by atoms with Gasteiger partial charge < -0.3 is 10.6 Å². The fourth-order valence-corrected chi connectivity index (χ4v) is 2.06. The first kappa shape index (κ1) is 15.3. The van der Waals surface area contributed by atoms with Gasteiger partial charge in [-0.15, -0.1) is 0 Å². The van der Waals surface area contributed by atoms with Gasteiger partial charge in [0.1, 0.15) is 5.82 Å². The molecule has 3 aromatic rings. The Labute approximate surface area is 138 Å². The zero-order valence-electron chi connectivity index (χ0n) is 12.6. The van der Waals surface area contributed by atoms with Crippen LogP contribution in [-0.4, -0.2) is 21.8 Å². The van der Waals surface area contributed by atoms with E-state index in [2.05, 4.69) is 21.0 Å². The van der Waals surface area contributed by atoms with Gasteiger partial charge in [0.2, 0.25) is 0 Å². The lowest BCUT2D eigenvalue weighted by Crippen LogP contribution is -2.26. The van der Waals surface area contributed by atoms with Gasteiger partial charge in [-0.1, -0.05) is 36.4 Å². The second-order valence-corrected chi connectivity index (χ2v) is 4.87. The van der Waals surface area contributed by atoms with Gasteiger partial charge in [-0.05, 0) is 24.3 Å². The van der Waals surface area contributed by atoms with Gasteiger partial charge in [-0.3, -0.25) is 5.32 Å². The minimum absolute atomic E-state index is 0.261. The Balaban J connectivity index is 1.66. The van der Waals surface area contributed by atoms with Crippen molar-refractivity contribution in [2.45, 2.75) is 0 Å². The molecule has 0 bridgehead atoms. The number of carbonyl (C=O) groups is 2. The number of aromatic nitrogens is 2. The maximum absolute atomic E-state index is 12.3. The molecule has 0 unspecified atom stereocenters. The number of nitrogens with zero attached hydrogens (tertiary/aromatic N) is 2. The highest BCUT2D eigenvalue weighted by Crippen LogP contribution is 2.11. The molecule has 2 aromatic carbocycles. The highest BCUT2D eigenvalue weighted by atomic mass is 16.2. The number of amides is 3. The number of urea groups is 1. The minimum atomic E-state index is -0.471. The molecule has 1 heterocycles. The number of para-hydroxylation sites is 2. The van der Waals surface area contributed by atoms with E-state index in [0.29, 0.717) is 11.4 Å². The summed E-state index contributed by atoms with van der Waals surface area (Å²) in [5, 5.41) is 11.9. The molecule has 24 heavy (non-hydrogen) atoms. The Kier molecular flexibility index (Phi) is 4.52. The van der Waals surface area contributed by atoms with Crippen molar-refractivity contribution >= 4 is 29.3 Å². The first-order valence-corrected chi connectivity index (χ1v) is 7.26. The summed E-state index contributed by atoms with van der Waals surface area (Å²) < 4.78 is 1.08. The first-order valence-electron chi connectivity index (χ1n) is 7.26. The third-order valence-electron chi connectivity index (χ3n) is 3.13. The molecule has 7 heteroatoms. The van der Waals surface area contributed by atoms with E-state index in [9.17, 15) is 9.59 Å². The number of hydrogen-bond acceptors (Lipinski definition) is 3. The molecule has 3 N–H and O–H groups in total.